The van der Waals surface area contributed by atoms with Crippen molar-refractivity contribution in [1.82, 2.24) is 15.3 Å². The summed E-state index contributed by atoms with van der Waals surface area (Å²) in [4.78, 5) is 8.73. The van der Waals surface area contributed by atoms with Crippen molar-refractivity contribution in [3.63, 3.8) is 0 Å². The lowest BCUT2D eigenvalue weighted by Gasteiger charge is -2.26. The molecule has 2 aromatic rings. The standard InChI is InChI=1S/C17H20ClN3/c1-2-8-20-17(13-7-10-19-11-15(13)18)14-6-5-12-4-3-9-21-16(12)14/h3-4,7,9-11,14,17,20H,2,5-6,8H2,1H3. The second-order valence-electron chi connectivity index (χ2n) is 5.52. The molecule has 0 spiro atoms. The zero-order valence-corrected chi connectivity index (χ0v) is 13.0. The van der Waals surface area contributed by atoms with Gasteiger partial charge in [-0.25, -0.2) is 0 Å². The maximum Gasteiger partial charge on any atom is 0.0637 e. The lowest BCUT2D eigenvalue weighted by molar-refractivity contribution is 0.437. The fraction of sp³-hybridized carbons (Fsp3) is 0.412. The molecule has 0 aromatic carbocycles. The van der Waals surface area contributed by atoms with Crippen LogP contribution in [0.5, 0.6) is 0 Å². The molecule has 0 radical (unpaired) electrons. The van der Waals surface area contributed by atoms with Gasteiger partial charge in [-0.2, -0.15) is 0 Å². The maximum absolute atomic E-state index is 6.38. The van der Waals surface area contributed by atoms with Crippen molar-refractivity contribution in [2.45, 2.75) is 38.1 Å². The molecule has 110 valence electrons. The Labute approximate surface area is 130 Å². The van der Waals surface area contributed by atoms with E-state index in [1.165, 1.54) is 11.3 Å². The van der Waals surface area contributed by atoms with Gasteiger partial charge in [-0.15, -0.1) is 0 Å². The molecule has 2 aromatic heterocycles. The number of rotatable bonds is 5. The monoisotopic (exact) mass is 301 g/mol. The molecule has 2 unspecified atom stereocenters. The van der Waals surface area contributed by atoms with Gasteiger partial charge in [0.15, 0.2) is 0 Å². The summed E-state index contributed by atoms with van der Waals surface area (Å²) in [7, 11) is 0. The van der Waals surface area contributed by atoms with Gasteiger partial charge in [0.25, 0.3) is 0 Å². The van der Waals surface area contributed by atoms with Crippen LogP contribution in [-0.4, -0.2) is 16.5 Å². The summed E-state index contributed by atoms with van der Waals surface area (Å²) in [6.45, 7) is 3.15. The predicted octanol–water partition coefficient (Wildman–Crippen LogP) is 3.90. The van der Waals surface area contributed by atoms with Crippen molar-refractivity contribution >= 4 is 11.6 Å². The number of fused-ring (bicyclic) bond motifs is 1. The minimum atomic E-state index is 0.205. The van der Waals surface area contributed by atoms with Crippen LogP contribution in [0.15, 0.2) is 36.8 Å². The van der Waals surface area contributed by atoms with Crippen LogP contribution in [0.2, 0.25) is 5.02 Å². The van der Waals surface area contributed by atoms with E-state index >= 15 is 0 Å². The lowest BCUT2D eigenvalue weighted by atomic mass is 9.91. The van der Waals surface area contributed by atoms with E-state index in [4.69, 9.17) is 11.6 Å². The Balaban J connectivity index is 1.96. The van der Waals surface area contributed by atoms with Crippen molar-refractivity contribution in [2.75, 3.05) is 6.54 Å². The number of aryl methyl sites for hydroxylation is 1. The van der Waals surface area contributed by atoms with Gasteiger partial charge in [-0.05, 0) is 49.1 Å². The molecule has 0 aliphatic heterocycles. The van der Waals surface area contributed by atoms with Crippen LogP contribution in [0.1, 0.15) is 48.5 Å². The zero-order valence-electron chi connectivity index (χ0n) is 12.2. The maximum atomic E-state index is 6.38. The van der Waals surface area contributed by atoms with Crippen molar-refractivity contribution in [3.05, 3.63) is 58.6 Å². The molecular weight excluding hydrogens is 282 g/mol. The van der Waals surface area contributed by atoms with Gasteiger partial charge in [0.1, 0.15) is 0 Å². The van der Waals surface area contributed by atoms with Crippen LogP contribution in [0.4, 0.5) is 0 Å². The highest BCUT2D eigenvalue weighted by molar-refractivity contribution is 6.31. The third-order valence-electron chi connectivity index (χ3n) is 4.16. The lowest BCUT2D eigenvalue weighted by Crippen LogP contribution is -2.27. The van der Waals surface area contributed by atoms with Gasteiger partial charge in [-0.3, -0.25) is 9.97 Å². The molecule has 2 heterocycles. The van der Waals surface area contributed by atoms with Gasteiger partial charge < -0.3 is 5.32 Å². The summed E-state index contributed by atoms with van der Waals surface area (Å²) in [6, 6.07) is 6.44. The van der Waals surface area contributed by atoms with Gasteiger partial charge in [0.2, 0.25) is 0 Å². The van der Waals surface area contributed by atoms with Crippen molar-refractivity contribution < 1.29 is 0 Å². The molecule has 0 amide bonds. The van der Waals surface area contributed by atoms with Crippen LogP contribution in [-0.2, 0) is 6.42 Å². The number of aromatic nitrogens is 2. The highest BCUT2D eigenvalue weighted by Gasteiger charge is 2.32. The largest absolute Gasteiger partial charge is 0.309 e. The summed E-state index contributed by atoms with van der Waals surface area (Å²) in [5, 5.41) is 4.39. The molecule has 0 fully saturated rings. The SMILES string of the molecule is CCCNC(c1ccncc1Cl)C1CCc2cccnc21. The van der Waals surface area contributed by atoms with Crippen molar-refractivity contribution in [1.29, 1.82) is 0 Å². The Morgan fingerprint density at radius 3 is 3.10 bits per heavy atom. The second kappa shape index (κ2) is 6.54. The first-order valence-electron chi connectivity index (χ1n) is 7.58. The quantitative estimate of drug-likeness (QED) is 0.910. The van der Waals surface area contributed by atoms with Crippen LogP contribution in [0.25, 0.3) is 0 Å². The van der Waals surface area contributed by atoms with Crippen LogP contribution in [0.3, 0.4) is 0 Å². The minimum absolute atomic E-state index is 0.205. The fourth-order valence-electron chi connectivity index (χ4n) is 3.18. The molecule has 3 nitrogen and oxygen atoms in total. The fourth-order valence-corrected chi connectivity index (χ4v) is 3.41. The average Bonchev–Trinajstić information content (AvgIpc) is 2.93. The first-order chi connectivity index (χ1) is 10.3. The van der Waals surface area contributed by atoms with E-state index in [2.05, 4.69) is 28.3 Å². The Kier molecular flexibility index (Phi) is 4.51. The first-order valence-corrected chi connectivity index (χ1v) is 7.95. The highest BCUT2D eigenvalue weighted by atomic mass is 35.5. The average molecular weight is 302 g/mol. The van der Waals surface area contributed by atoms with Crippen LogP contribution >= 0.6 is 11.6 Å². The molecule has 0 saturated heterocycles. The van der Waals surface area contributed by atoms with E-state index in [9.17, 15) is 0 Å². The number of hydrogen-bond donors (Lipinski definition) is 1. The van der Waals surface area contributed by atoms with Crippen molar-refractivity contribution in [2.24, 2.45) is 0 Å². The predicted molar refractivity (Wildman–Crippen MR) is 85.6 cm³/mol. The molecule has 0 bridgehead atoms. The van der Waals surface area contributed by atoms with Gasteiger partial charge in [-0.1, -0.05) is 24.6 Å². The van der Waals surface area contributed by atoms with E-state index in [1.807, 2.05) is 24.5 Å². The Bertz CT molecular complexity index is 614. The summed E-state index contributed by atoms with van der Waals surface area (Å²) in [6.07, 6.45) is 8.75. The molecule has 1 aliphatic rings. The molecule has 1 N–H and O–H groups in total. The Hall–Kier alpha value is -1.45. The van der Waals surface area contributed by atoms with Gasteiger partial charge in [0, 0.05) is 36.2 Å². The molecule has 4 heteroatoms. The normalized spacial score (nSPS) is 18.5. The molecule has 21 heavy (non-hydrogen) atoms. The topological polar surface area (TPSA) is 37.8 Å². The summed E-state index contributed by atoms with van der Waals surface area (Å²) < 4.78 is 0. The third kappa shape index (κ3) is 2.94. The van der Waals surface area contributed by atoms with E-state index < -0.39 is 0 Å². The van der Waals surface area contributed by atoms with Crippen molar-refractivity contribution in [3.8, 4) is 0 Å². The number of hydrogen-bond acceptors (Lipinski definition) is 3. The number of nitrogens with zero attached hydrogens (tertiary/aromatic N) is 2. The zero-order chi connectivity index (χ0) is 14.7. The number of halogens is 1. The second-order valence-corrected chi connectivity index (χ2v) is 5.93. The highest BCUT2D eigenvalue weighted by Crippen LogP contribution is 2.41. The van der Waals surface area contributed by atoms with E-state index in [0.717, 1.165) is 36.4 Å². The summed E-state index contributed by atoms with van der Waals surface area (Å²) >= 11 is 6.38. The Morgan fingerprint density at radius 1 is 1.38 bits per heavy atom. The summed E-state index contributed by atoms with van der Waals surface area (Å²) in [5.41, 5.74) is 3.72. The minimum Gasteiger partial charge on any atom is -0.309 e. The van der Waals surface area contributed by atoms with Gasteiger partial charge >= 0.3 is 0 Å². The number of nitrogens with one attached hydrogen (secondary N) is 1. The molecule has 1 aliphatic carbocycles. The third-order valence-corrected chi connectivity index (χ3v) is 4.47. The smallest absolute Gasteiger partial charge is 0.0637 e. The molecule has 2 atom stereocenters. The first kappa shape index (κ1) is 14.5. The summed E-state index contributed by atoms with van der Waals surface area (Å²) in [5.74, 6) is 0.382. The Morgan fingerprint density at radius 2 is 2.29 bits per heavy atom. The van der Waals surface area contributed by atoms with Crippen LogP contribution < -0.4 is 5.32 Å². The molecule has 3 rings (SSSR count). The van der Waals surface area contributed by atoms with Gasteiger partial charge in [0.05, 0.1) is 5.02 Å². The molecule has 0 saturated carbocycles. The van der Waals surface area contributed by atoms with E-state index in [1.54, 1.807) is 6.20 Å². The molecular formula is C17H20ClN3. The van der Waals surface area contributed by atoms with E-state index in [0.29, 0.717) is 5.92 Å². The van der Waals surface area contributed by atoms with E-state index in [-0.39, 0.29) is 6.04 Å². The van der Waals surface area contributed by atoms with Crippen LogP contribution in [0, 0.1) is 0 Å². The number of pyridine rings is 2.